The molecule has 0 aliphatic rings. The molecule has 0 aliphatic heterocycles. The number of alkyl halides is 3. The minimum Gasteiger partial charge on any atom is -0.345 e. The van der Waals surface area contributed by atoms with Crippen LogP contribution in [-0.2, 0) is 22.3 Å². The zero-order valence-corrected chi connectivity index (χ0v) is 14.4. The van der Waals surface area contributed by atoms with Gasteiger partial charge in [0.1, 0.15) is 0 Å². The first-order valence-electron chi connectivity index (χ1n) is 7.53. The summed E-state index contributed by atoms with van der Waals surface area (Å²) in [7, 11) is 0. The maximum absolute atomic E-state index is 14.2. The molecule has 0 spiro atoms. The monoisotopic (exact) mass is 391 g/mol. The topological polar surface area (TPSA) is 85.1 Å². The van der Waals surface area contributed by atoms with Gasteiger partial charge in [0.05, 0.1) is 5.56 Å². The van der Waals surface area contributed by atoms with E-state index in [1.807, 2.05) is 0 Å². The number of carbonyl (C=O) groups is 2. The Kier molecular flexibility index (Phi) is 5.34. The molecule has 2 aromatic rings. The zero-order valence-electron chi connectivity index (χ0n) is 14.4. The van der Waals surface area contributed by atoms with E-state index in [0.29, 0.717) is 0 Å². The van der Waals surface area contributed by atoms with Gasteiger partial charge in [0.25, 0.3) is 5.91 Å². The molecule has 1 amide bonds. The Morgan fingerprint density at radius 3 is 2.26 bits per heavy atom. The molecule has 11 heteroatoms. The number of halogens is 5. The Balaban J connectivity index is 2.21. The van der Waals surface area contributed by atoms with E-state index in [-0.39, 0.29) is 5.56 Å². The van der Waals surface area contributed by atoms with E-state index in [9.17, 15) is 31.5 Å². The Hall–Kier alpha value is -2.85. The maximum atomic E-state index is 14.2. The van der Waals surface area contributed by atoms with Gasteiger partial charge >= 0.3 is 12.1 Å². The first kappa shape index (κ1) is 20.5. The second-order valence-corrected chi connectivity index (χ2v) is 6.58. The van der Waals surface area contributed by atoms with Gasteiger partial charge in [0.15, 0.2) is 11.6 Å². The van der Waals surface area contributed by atoms with Crippen LogP contribution in [0.15, 0.2) is 16.7 Å². The molecule has 0 unspecified atom stereocenters. The highest BCUT2D eigenvalue weighted by atomic mass is 19.4. The van der Waals surface area contributed by atoms with Gasteiger partial charge in [-0.2, -0.15) is 18.2 Å². The number of nitrogens with zero attached hydrogens (tertiary/aromatic N) is 2. The predicted molar refractivity (Wildman–Crippen MR) is 81.0 cm³/mol. The van der Waals surface area contributed by atoms with E-state index >= 15 is 0 Å². The van der Waals surface area contributed by atoms with Crippen LogP contribution in [-0.4, -0.2) is 21.8 Å². The second kappa shape index (κ2) is 7.05. The van der Waals surface area contributed by atoms with Crippen molar-refractivity contribution in [3.63, 3.8) is 0 Å². The molecule has 27 heavy (non-hydrogen) atoms. The van der Waals surface area contributed by atoms with E-state index in [2.05, 4.69) is 20.0 Å². The minimum absolute atomic E-state index is 0.314. The van der Waals surface area contributed by atoms with Crippen molar-refractivity contribution < 1.29 is 36.1 Å². The molecule has 0 aliphatic carbocycles. The summed E-state index contributed by atoms with van der Waals surface area (Å²) < 4.78 is 69.7. The molecule has 146 valence electrons. The molecule has 2 rings (SSSR count). The number of benzene rings is 1. The van der Waals surface area contributed by atoms with Crippen LogP contribution in [0.2, 0.25) is 0 Å². The third-order valence-electron chi connectivity index (χ3n) is 3.40. The van der Waals surface area contributed by atoms with Crippen molar-refractivity contribution in [3.05, 3.63) is 35.2 Å². The van der Waals surface area contributed by atoms with Crippen molar-refractivity contribution in [3.8, 4) is 11.4 Å². The molecule has 0 fully saturated rings. The molecule has 0 radical (unpaired) electrons. The van der Waals surface area contributed by atoms with Crippen LogP contribution in [0.1, 0.15) is 32.2 Å². The average Bonchev–Trinajstić information content (AvgIpc) is 3.04. The lowest BCUT2D eigenvalue weighted by molar-refractivity contribution is -0.159. The average molecular weight is 391 g/mol. The van der Waals surface area contributed by atoms with E-state index in [0.717, 1.165) is 12.1 Å². The van der Waals surface area contributed by atoms with Crippen LogP contribution < -0.4 is 5.32 Å². The molecule has 0 atom stereocenters. The van der Waals surface area contributed by atoms with Gasteiger partial charge in [0.2, 0.25) is 11.6 Å². The number of hydrogen-bond donors (Lipinski definition) is 1. The van der Waals surface area contributed by atoms with Crippen molar-refractivity contribution in [1.29, 1.82) is 0 Å². The molecule has 6 nitrogen and oxygen atoms in total. The maximum Gasteiger partial charge on any atom is 0.471 e. The van der Waals surface area contributed by atoms with Gasteiger partial charge in [-0.05, 0) is 6.07 Å². The van der Waals surface area contributed by atoms with Gasteiger partial charge in [-0.3, -0.25) is 9.59 Å². The van der Waals surface area contributed by atoms with Crippen molar-refractivity contribution >= 4 is 11.7 Å². The molecular weight excluding hydrogens is 377 g/mol. The normalized spacial score (nSPS) is 12.1. The van der Waals surface area contributed by atoms with Crippen molar-refractivity contribution in [1.82, 2.24) is 15.5 Å². The van der Waals surface area contributed by atoms with Gasteiger partial charge in [-0.15, -0.1) is 0 Å². The molecule has 1 aromatic heterocycles. The lowest BCUT2D eigenvalue weighted by Crippen LogP contribution is -2.38. The number of hydrogen-bond acceptors (Lipinski definition) is 5. The predicted octanol–water partition coefficient (Wildman–Crippen LogP) is 3.27. The molecule has 0 bridgehead atoms. The van der Waals surface area contributed by atoms with Crippen molar-refractivity contribution in [2.75, 3.05) is 0 Å². The Labute approximate surface area is 149 Å². The highest BCUT2D eigenvalue weighted by Crippen LogP contribution is 2.31. The van der Waals surface area contributed by atoms with Crippen LogP contribution in [0.5, 0.6) is 0 Å². The first-order valence-corrected chi connectivity index (χ1v) is 7.53. The van der Waals surface area contributed by atoms with Crippen molar-refractivity contribution in [2.45, 2.75) is 33.5 Å². The SMILES string of the molecule is CC(C)(C)C(=O)C(=O)NCc1ccc(-c2noc(C(F)(F)F)n2)c(F)c1F. The summed E-state index contributed by atoms with van der Waals surface area (Å²) >= 11 is 0. The summed E-state index contributed by atoms with van der Waals surface area (Å²) in [6, 6.07) is 1.97. The lowest BCUT2D eigenvalue weighted by atomic mass is 9.90. The van der Waals surface area contributed by atoms with Crippen LogP contribution in [0.25, 0.3) is 11.4 Å². The lowest BCUT2D eigenvalue weighted by Gasteiger charge is -2.16. The number of carbonyl (C=O) groups excluding carboxylic acids is 2. The van der Waals surface area contributed by atoms with Gasteiger partial charge in [-0.1, -0.05) is 32.0 Å². The fourth-order valence-electron chi connectivity index (χ4n) is 1.94. The highest BCUT2D eigenvalue weighted by molar-refractivity contribution is 6.37. The number of Topliss-reactive ketones (excluding diaryl/α,β-unsaturated/α-hetero) is 1. The largest absolute Gasteiger partial charge is 0.471 e. The molecule has 0 saturated heterocycles. The van der Waals surface area contributed by atoms with E-state index in [1.165, 1.54) is 20.8 Å². The van der Waals surface area contributed by atoms with Crippen molar-refractivity contribution in [2.24, 2.45) is 5.41 Å². The fraction of sp³-hybridized carbons (Fsp3) is 0.375. The smallest absolute Gasteiger partial charge is 0.345 e. The fourth-order valence-corrected chi connectivity index (χ4v) is 1.94. The Morgan fingerprint density at radius 1 is 1.11 bits per heavy atom. The number of ketones is 1. The quantitative estimate of drug-likeness (QED) is 0.639. The summed E-state index contributed by atoms with van der Waals surface area (Å²) in [4.78, 5) is 26.5. The summed E-state index contributed by atoms with van der Waals surface area (Å²) in [5.74, 6) is -7.13. The van der Waals surface area contributed by atoms with E-state index in [1.54, 1.807) is 0 Å². The van der Waals surface area contributed by atoms with Gasteiger partial charge in [0, 0.05) is 17.5 Å². The number of rotatable bonds is 4. The number of nitrogens with one attached hydrogen (secondary N) is 1. The van der Waals surface area contributed by atoms with Crippen LogP contribution in [0.3, 0.4) is 0 Å². The number of aromatic nitrogens is 2. The third-order valence-corrected chi connectivity index (χ3v) is 3.40. The summed E-state index contributed by atoms with van der Waals surface area (Å²) in [6.07, 6.45) is -4.93. The van der Waals surface area contributed by atoms with E-state index < -0.39 is 58.7 Å². The van der Waals surface area contributed by atoms with Gasteiger partial charge in [-0.25, -0.2) is 8.78 Å². The zero-order chi connectivity index (χ0) is 20.6. The summed E-state index contributed by atoms with van der Waals surface area (Å²) in [5.41, 5.74) is -1.91. The molecule has 1 heterocycles. The Bertz CT molecular complexity index is 884. The molecule has 1 aromatic carbocycles. The molecule has 1 N–H and O–H groups in total. The Morgan fingerprint density at radius 2 is 1.74 bits per heavy atom. The summed E-state index contributed by atoms with van der Waals surface area (Å²) in [6.45, 7) is 4.06. The first-order chi connectivity index (χ1) is 12.3. The van der Waals surface area contributed by atoms with Gasteiger partial charge < -0.3 is 9.84 Å². The minimum atomic E-state index is -4.93. The van der Waals surface area contributed by atoms with Crippen LogP contribution in [0.4, 0.5) is 22.0 Å². The number of amides is 1. The highest BCUT2D eigenvalue weighted by Gasteiger charge is 2.39. The summed E-state index contributed by atoms with van der Waals surface area (Å²) in [5, 5.41) is 5.14. The van der Waals surface area contributed by atoms with Crippen LogP contribution in [0, 0.1) is 17.0 Å². The molecular formula is C16H14F5N3O3. The second-order valence-electron chi connectivity index (χ2n) is 6.58. The van der Waals surface area contributed by atoms with E-state index in [4.69, 9.17) is 0 Å². The molecule has 0 saturated carbocycles. The van der Waals surface area contributed by atoms with Crippen LogP contribution >= 0.6 is 0 Å². The third kappa shape index (κ3) is 4.47. The standard InChI is InChI=1S/C16H14F5N3O3/c1-15(2,3)11(25)13(26)22-6-7-4-5-8(10(18)9(7)17)12-23-14(27-24-12)16(19,20)21/h4-5H,6H2,1-3H3,(H,22,26).